The van der Waals surface area contributed by atoms with Crippen molar-refractivity contribution < 1.29 is 0 Å². The van der Waals surface area contributed by atoms with Gasteiger partial charge in [-0.3, -0.25) is 0 Å². The predicted molar refractivity (Wildman–Crippen MR) is 69.4 cm³/mol. The maximum Gasteiger partial charge on any atom is 0.0639 e. The second kappa shape index (κ2) is 5.53. The number of halogens is 1. The molecule has 1 fully saturated rings. The Labute approximate surface area is 102 Å². The van der Waals surface area contributed by atoms with Crippen molar-refractivity contribution in [3.8, 4) is 0 Å². The van der Waals surface area contributed by atoms with Crippen LogP contribution in [0.15, 0.2) is 24.3 Å². The van der Waals surface area contributed by atoms with Crippen molar-refractivity contribution >= 4 is 17.3 Å². The molecule has 1 aliphatic heterocycles. The number of piperazine rings is 1. The molecule has 2 N–H and O–H groups in total. The minimum atomic E-state index is 0.495. The van der Waals surface area contributed by atoms with Crippen LogP contribution in [-0.4, -0.2) is 39.3 Å². The van der Waals surface area contributed by atoms with Crippen LogP contribution in [0.4, 0.5) is 5.69 Å². The molecule has 1 unspecified atom stereocenters. The van der Waals surface area contributed by atoms with E-state index in [1.54, 1.807) is 0 Å². The lowest BCUT2D eigenvalue weighted by atomic mass is 10.2. The monoisotopic (exact) mass is 239 g/mol. The fourth-order valence-corrected chi connectivity index (χ4v) is 2.39. The Balaban J connectivity index is 2.07. The molecular weight excluding hydrogens is 222 g/mol. The van der Waals surface area contributed by atoms with Crippen LogP contribution in [0.5, 0.6) is 0 Å². The molecule has 0 amide bonds. The van der Waals surface area contributed by atoms with Crippen molar-refractivity contribution in [2.75, 3.05) is 38.1 Å². The number of nitrogens with zero attached hydrogens (tertiary/aromatic N) is 1. The van der Waals surface area contributed by atoms with Crippen molar-refractivity contribution in [2.45, 2.75) is 6.04 Å². The van der Waals surface area contributed by atoms with Gasteiger partial charge < -0.3 is 15.5 Å². The molecule has 88 valence electrons. The van der Waals surface area contributed by atoms with E-state index in [1.165, 1.54) is 0 Å². The van der Waals surface area contributed by atoms with E-state index in [4.69, 9.17) is 11.6 Å². The lowest BCUT2D eigenvalue weighted by Crippen LogP contribution is -2.54. The Hall–Kier alpha value is -0.770. The van der Waals surface area contributed by atoms with Gasteiger partial charge in [-0.25, -0.2) is 0 Å². The summed E-state index contributed by atoms with van der Waals surface area (Å²) in [5.41, 5.74) is 1.15. The van der Waals surface area contributed by atoms with Gasteiger partial charge in [0, 0.05) is 32.2 Å². The Morgan fingerprint density at radius 2 is 2.31 bits per heavy atom. The molecule has 0 saturated carbocycles. The number of anilines is 1. The van der Waals surface area contributed by atoms with Gasteiger partial charge in [0.2, 0.25) is 0 Å². The number of benzene rings is 1. The van der Waals surface area contributed by atoms with Crippen LogP contribution in [0, 0.1) is 0 Å². The van der Waals surface area contributed by atoms with Gasteiger partial charge in [-0.1, -0.05) is 23.7 Å². The van der Waals surface area contributed by atoms with Gasteiger partial charge in [0.05, 0.1) is 10.7 Å². The van der Waals surface area contributed by atoms with Crippen molar-refractivity contribution in [1.29, 1.82) is 0 Å². The normalized spacial score (nSPS) is 21.1. The number of likely N-dealkylation sites (N-methyl/N-ethyl adjacent to an activating group) is 1. The molecule has 2 rings (SSSR count). The molecule has 4 heteroatoms. The van der Waals surface area contributed by atoms with Crippen LogP contribution in [-0.2, 0) is 0 Å². The van der Waals surface area contributed by atoms with Gasteiger partial charge in [-0.05, 0) is 19.2 Å². The summed E-state index contributed by atoms with van der Waals surface area (Å²) in [5, 5.41) is 7.53. The molecule has 0 aliphatic carbocycles. The molecule has 16 heavy (non-hydrogen) atoms. The summed E-state index contributed by atoms with van der Waals surface area (Å²) in [4.78, 5) is 2.35. The fourth-order valence-electron chi connectivity index (χ4n) is 2.14. The Morgan fingerprint density at radius 1 is 1.50 bits per heavy atom. The Morgan fingerprint density at radius 3 is 3.06 bits per heavy atom. The number of hydrogen-bond donors (Lipinski definition) is 2. The van der Waals surface area contributed by atoms with E-state index < -0.39 is 0 Å². The summed E-state index contributed by atoms with van der Waals surface area (Å²) in [6.07, 6.45) is 0. The Kier molecular flexibility index (Phi) is 4.04. The first kappa shape index (κ1) is 11.7. The first-order valence-electron chi connectivity index (χ1n) is 5.68. The van der Waals surface area contributed by atoms with Crippen molar-refractivity contribution in [1.82, 2.24) is 10.6 Å². The molecule has 0 aromatic heterocycles. The molecule has 1 atom stereocenters. The van der Waals surface area contributed by atoms with E-state index in [1.807, 2.05) is 25.2 Å². The highest BCUT2D eigenvalue weighted by atomic mass is 35.5. The van der Waals surface area contributed by atoms with E-state index in [2.05, 4.69) is 21.6 Å². The summed E-state index contributed by atoms with van der Waals surface area (Å²) >= 11 is 6.20. The minimum absolute atomic E-state index is 0.495. The minimum Gasteiger partial charge on any atom is -0.367 e. The smallest absolute Gasteiger partial charge is 0.0639 e. The number of hydrogen-bond acceptors (Lipinski definition) is 3. The van der Waals surface area contributed by atoms with Crippen molar-refractivity contribution in [3.63, 3.8) is 0 Å². The first-order chi connectivity index (χ1) is 7.81. The first-order valence-corrected chi connectivity index (χ1v) is 6.06. The quantitative estimate of drug-likeness (QED) is 0.834. The lowest BCUT2D eigenvalue weighted by Gasteiger charge is -2.35. The highest BCUT2D eigenvalue weighted by Crippen LogP contribution is 2.25. The number of rotatable bonds is 3. The van der Waals surface area contributed by atoms with Gasteiger partial charge in [0.15, 0.2) is 0 Å². The molecule has 3 nitrogen and oxygen atoms in total. The highest BCUT2D eigenvalue weighted by molar-refractivity contribution is 6.33. The standard InChI is InChI=1S/C12H18ClN3/c1-14-8-10-9-16(7-6-15-10)12-5-3-2-4-11(12)13/h2-5,10,14-15H,6-9H2,1H3. The lowest BCUT2D eigenvalue weighted by molar-refractivity contribution is 0.443. The summed E-state index contributed by atoms with van der Waals surface area (Å²) in [6.45, 7) is 4.02. The zero-order valence-corrected chi connectivity index (χ0v) is 10.3. The Bertz CT molecular complexity index is 341. The van der Waals surface area contributed by atoms with E-state index >= 15 is 0 Å². The topological polar surface area (TPSA) is 27.3 Å². The third-order valence-corrected chi connectivity index (χ3v) is 3.22. The van der Waals surface area contributed by atoms with Crippen LogP contribution >= 0.6 is 11.6 Å². The SMILES string of the molecule is CNCC1CN(c2ccccc2Cl)CCN1. The van der Waals surface area contributed by atoms with Crippen LogP contribution in [0.2, 0.25) is 5.02 Å². The van der Waals surface area contributed by atoms with E-state index in [-0.39, 0.29) is 0 Å². The average molecular weight is 240 g/mol. The molecule has 1 aromatic carbocycles. The van der Waals surface area contributed by atoms with Crippen LogP contribution < -0.4 is 15.5 Å². The zero-order chi connectivity index (χ0) is 11.4. The molecule has 0 bridgehead atoms. The summed E-state index contributed by atoms with van der Waals surface area (Å²) in [6, 6.07) is 8.54. The van der Waals surface area contributed by atoms with E-state index in [0.717, 1.165) is 36.9 Å². The van der Waals surface area contributed by atoms with Gasteiger partial charge in [0.1, 0.15) is 0 Å². The molecule has 1 aromatic rings. The molecule has 1 heterocycles. The third-order valence-electron chi connectivity index (χ3n) is 2.90. The molecule has 0 spiro atoms. The predicted octanol–water partition coefficient (Wildman–Crippen LogP) is 1.34. The second-order valence-corrected chi connectivity index (χ2v) is 4.51. The van der Waals surface area contributed by atoms with Gasteiger partial charge in [-0.15, -0.1) is 0 Å². The van der Waals surface area contributed by atoms with E-state index in [9.17, 15) is 0 Å². The molecular formula is C12H18ClN3. The highest BCUT2D eigenvalue weighted by Gasteiger charge is 2.19. The number of para-hydroxylation sites is 1. The number of nitrogens with one attached hydrogen (secondary N) is 2. The van der Waals surface area contributed by atoms with Crippen LogP contribution in [0.3, 0.4) is 0 Å². The van der Waals surface area contributed by atoms with Crippen molar-refractivity contribution in [3.05, 3.63) is 29.3 Å². The maximum atomic E-state index is 6.20. The van der Waals surface area contributed by atoms with Gasteiger partial charge in [0.25, 0.3) is 0 Å². The van der Waals surface area contributed by atoms with Gasteiger partial charge >= 0.3 is 0 Å². The maximum absolute atomic E-state index is 6.20. The largest absolute Gasteiger partial charge is 0.367 e. The summed E-state index contributed by atoms with van der Waals surface area (Å²) < 4.78 is 0. The third kappa shape index (κ3) is 2.67. The van der Waals surface area contributed by atoms with Crippen LogP contribution in [0.25, 0.3) is 0 Å². The fraction of sp³-hybridized carbons (Fsp3) is 0.500. The average Bonchev–Trinajstić information content (AvgIpc) is 2.30. The summed E-state index contributed by atoms with van der Waals surface area (Å²) in [5.74, 6) is 0. The zero-order valence-electron chi connectivity index (χ0n) is 9.54. The summed E-state index contributed by atoms with van der Waals surface area (Å²) in [7, 11) is 1.98. The van der Waals surface area contributed by atoms with Crippen LogP contribution in [0.1, 0.15) is 0 Å². The molecule has 1 aliphatic rings. The van der Waals surface area contributed by atoms with E-state index in [0.29, 0.717) is 6.04 Å². The van der Waals surface area contributed by atoms with Gasteiger partial charge in [-0.2, -0.15) is 0 Å². The molecule has 0 radical (unpaired) electrons. The second-order valence-electron chi connectivity index (χ2n) is 4.11. The van der Waals surface area contributed by atoms with Crippen molar-refractivity contribution in [2.24, 2.45) is 0 Å². The molecule has 1 saturated heterocycles.